The molecule has 3 aromatic heterocycles. The van der Waals surface area contributed by atoms with Gasteiger partial charge in [-0.15, -0.1) is 5.10 Å². The lowest BCUT2D eigenvalue weighted by atomic mass is 10.1. The Hall–Kier alpha value is -3.62. The lowest BCUT2D eigenvalue weighted by Crippen LogP contribution is -2.23. The molecule has 5 rings (SSSR count). The van der Waals surface area contributed by atoms with Crippen LogP contribution in [-0.2, 0) is 4.79 Å². The van der Waals surface area contributed by atoms with Crippen molar-refractivity contribution in [3.05, 3.63) is 42.7 Å². The van der Waals surface area contributed by atoms with E-state index in [0.29, 0.717) is 23.5 Å². The number of carbonyl (C=O) groups excluding carboxylic acids is 1. The molecular formula is C19H18N8O. The minimum Gasteiger partial charge on any atom is -0.369 e. The zero-order chi connectivity index (χ0) is 19.1. The van der Waals surface area contributed by atoms with Crippen molar-refractivity contribution in [2.24, 2.45) is 11.7 Å². The first-order valence-corrected chi connectivity index (χ1v) is 9.17. The minimum absolute atomic E-state index is 0.0837. The van der Waals surface area contributed by atoms with E-state index in [2.05, 4.69) is 30.6 Å². The number of pyridine rings is 1. The Morgan fingerprint density at radius 2 is 2.11 bits per heavy atom. The summed E-state index contributed by atoms with van der Waals surface area (Å²) in [6, 6.07) is 9.92. The predicted octanol–water partition coefficient (Wildman–Crippen LogP) is 1.82. The second kappa shape index (κ2) is 6.52. The van der Waals surface area contributed by atoms with E-state index in [4.69, 9.17) is 5.73 Å². The number of fused-ring (bicyclic) bond motifs is 2. The number of primary amides is 1. The lowest BCUT2D eigenvalue weighted by molar-refractivity contribution is -0.121. The van der Waals surface area contributed by atoms with Gasteiger partial charge in [0.1, 0.15) is 0 Å². The van der Waals surface area contributed by atoms with Gasteiger partial charge in [0.2, 0.25) is 11.9 Å². The summed E-state index contributed by atoms with van der Waals surface area (Å²) in [4.78, 5) is 24.7. The Labute approximate surface area is 160 Å². The highest BCUT2D eigenvalue weighted by atomic mass is 16.1. The Morgan fingerprint density at radius 1 is 1.18 bits per heavy atom. The van der Waals surface area contributed by atoms with E-state index >= 15 is 0 Å². The van der Waals surface area contributed by atoms with Crippen molar-refractivity contribution in [3.8, 4) is 5.69 Å². The van der Waals surface area contributed by atoms with Gasteiger partial charge in [0.25, 0.3) is 0 Å². The maximum Gasteiger partial charge on any atom is 0.225 e. The summed E-state index contributed by atoms with van der Waals surface area (Å²) in [7, 11) is 0. The maximum atomic E-state index is 11.4. The van der Waals surface area contributed by atoms with Crippen LogP contribution in [0.15, 0.2) is 42.7 Å². The molecule has 3 heterocycles. The van der Waals surface area contributed by atoms with E-state index in [1.807, 2.05) is 30.3 Å². The summed E-state index contributed by atoms with van der Waals surface area (Å²) in [6.07, 6.45) is 5.77. The third-order valence-corrected chi connectivity index (χ3v) is 5.19. The lowest BCUT2D eigenvalue weighted by Gasteiger charge is -2.12. The quantitative estimate of drug-likeness (QED) is 0.558. The summed E-state index contributed by atoms with van der Waals surface area (Å²) in [6.45, 7) is 0. The molecule has 140 valence electrons. The van der Waals surface area contributed by atoms with Crippen LogP contribution in [0.4, 0.5) is 5.95 Å². The summed E-state index contributed by atoms with van der Waals surface area (Å²) in [5.74, 6) is 0.169. The number of amides is 1. The van der Waals surface area contributed by atoms with E-state index in [0.717, 1.165) is 29.4 Å². The number of nitrogens with zero attached hydrogens (tertiary/aromatic N) is 6. The zero-order valence-electron chi connectivity index (χ0n) is 15.0. The second-order valence-corrected chi connectivity index (χ2v) is 7.04. The van der Waals surface area contributed by atoms with Crippen molar-refractivity contribution in [2.45, 2.75) is 25.3 Å². The summed E-state index contributed by atoms with van der Waals surface area (Å²) >= 11 is 0. The molecular weight excluding hydrogens is 356 g/mol. The minimum atomic E-state index is -0.242. The molecule has 1 fully saturated rings. The van der Waals surface area contributed by atoms with Crippen LogP contribution in [0.1, 0.15) is 19.3 Å². The number of anilines is 1. The van der Waals surface area contributed by atoms with Gasteiger partial charge in [-0.05, 0) is 43.5 Å². The summed E-state index contributed by atoms with van der Waals surface area (Å²) < 4.78 is 1.69. The topological polar surface area (TPSA) is 124 Å². The molecule has 0 radical (unpaired) electrons. The average molecular weight is 374 g/mol. The molecule has 3 N–H and O–H groups in total. The van der Waals surface area contributed by atoms with Crippen LogP contribution < -0.4 is 11.1 Å². The van der Waals surface area contributed by atoms with Crippen molar-refractivity contribution in [1.29, 1.82) is 0 Å². The Bertz CT molecular complexity index is 1190. The van der Waals surface area contributed by atoms with E-state index in [-0.39, 0.29) is 17.9 Å². The Kier molecular flexibility index (Phi) is 3.85. The molecule has 2 atom stereocenters. The van der Waals surface area contributed by atoms with Crippen molar-refractivity contribution < 1.29 is 4.79 Å². The SMILES string of the molecule is NC(=O)C1CCC(Nc2ncc3nnn(-c4ccc5ncccc5c4)c3n2)C1. The molecule has 1 saturated carbocycles. The van der Waals surface area contributed by atoms with Crippen molar-refractivity contribution in [1.82, 2.24) is 29.9 Å². The summed E-state index contributed by atoms with van der Waals surface area (Å²) in [5.41, 5.74) is 8.40. The molecule has 0 spiro atoms. The van der Waals surface area contributed by atoms with Crippen LogP contribution in [0.25, 0.3) is 27.8 Å². The zero-order valence-corrected chi connectivity index (χ0v) is 15.0. The van der Waals surface area contributed by atoms with Crippen LogP contribution in [0, 0.1) is 5.92 Å². The molecule has 9 heteroatoms. The van der Waals surface area contributed by atoms with Crippen LogP contribution >= 0.6 is 0 Å². The first kappa shape index (κ1) is 16.5. The summed E-state index contributed by atoms with van der Waals surface area (Å²) in [5, 5.41) is 12.7. The van der Waals surface area contributed by atoms with Crippen molar-refractivity contribution >= 4 is 33.9 Å². The first-order chi connectivity index (χ1) is 13.7. The van der Waals surface area contributed by atoms with E-state index in [9.17, 15) is 4.79 Å². The van der Waals surface area contributed by atoms with Gasteiger partial charge in [-0.2, -0.15) is 9.67 Å². The smallest absolute Gasteiger partial charge is 0.225 e. The largest absolute Gasteiger partial charge is 0.369 e. The normalized spacial score (nSPS) is 19.3. The Morgan fingerprint density at radius 3 is 2.96 bits per heavy atom. The van der Waals surface area contributed by atoms with Gasteiger partial charge in [-0.3, -0.25) is 9.78 Å². The maximum absolute atomic E-state index is 11.4. The van der Waals surface area contributed by atoms with Gasteiger partial charge in [-0.25, -0.2) is 4.98 Å². The molecule has 0 aliphatic heterocycles. The highest BCUT2D eigenvalue weighted by Crippen LogP contribution is 2.27. The number of nitrogens with two attached hydrogens (primary N) is 1. The van der Waals surface area contributed by atoms with E-state index in [1.54, 1.807) is 17.1 Å². The van der Waals surface area contributed by atoms with Gasteiger partial charge in [-0.1, -0.05) is 11.3 Å². The highest BCUT2D eigenvalue weighted by molar-refractivity contribution is 5.81. The van der Waals surface area contributed by atoms with Gasteiger partial charge >= 0.3 is 0 Å². The molecule has 28 heavy (non-hydrogen) atoms. The van der Waals surface area contributed by atoms with E-state index < -0.39 is 0 Å². The van der Waals surface area contributed by atoms with Crippen molar-refractivity contribution in [3.63, 3.8) is 0 Å². The fourth-order valence-electron chi connectivity index (χ4n) is 3.72. The molecule has 0 bridgehead atoms. The van der Waals surface area contributed by atoms with Crippen LogP contribution in [0.3, 0.4) is 0 Å². The third kappa shape index (κ3) is 2.90. The monoisotopic (exact) mass is 374 g/mol. The van der Waals surface area contributed by atoms with Crippen LogP contribution in [0.2, 0.25) is 0 Å². The Balaban J connectivity index is 1.47. The number of hydrogen-bond acceptors (Lipinski definition) is 7. The van der Waals surface area contributed by atoms with Gasteiger partial charge < -0.3 is 11.1 Å². The van der Waals surface area contributed by atoms with Gasteiger partial charge in [0, 0.05) is 23.5 Å². The number of benzene rings is 1. The van der Waals surface area contributed by atoms with Gasteiger partial charge in [0.05, 0.1) is 17.4 Å². The molecule has 1 aliphatic rings. The standard InChI is InChI=1S/C19H18N8O/c20-17(28)12-3-4-13(8-12)23-19-22-10-16-18(24-19)27(26-25-16)14-5-6-15-11(9-14)2-1-7-21-15/h1-2,5-7,9-10,12-13H,3-4,8H2,(H2,20,28)(H,22,23,24). The molecule has 1 aromatic carbocycles. The average Bonchev–Trinajstić information content (AvgIpc) is 3.34. The highest BCUT2D eigenvalue weighted by Gasteiger charge is 2.28. The fraction of sp³-hybridized carbons (Fsp3) is 0.263. The van der Waals surface area contributed by atoms with Crippen LogP contribution in [-0.4, -0.2) is 41.9 Å². The molecule has 4 aromatic rings. The predicted molar refractivity (Wildman–Crippen MR) is 104 cm³/mol. The van der Waals surface area contributed by atoms with E-state index in [1.165, 1.54) is 0 Å². The molecule has 0 saturated heterocycles. The molecule has 1 aliphatic carbocycles. The molecule has 1 amide bonds. The first-order valence-electron chi connectivity index (χ1n) is 9.17. The number of carbonyl (C=O) groups is 1. The fourth-order valence-corrected chi connectivity index (χ4v) is 3.72. The molecule has 2 unspecified atom stereocenters. The van der Waals surface area contributed by atoms with Gasteiger partial charge in [0.15, 0.2) is 11.2 Å². The number of nitrogens with one attached hydrogen (secondary N) is 1. The third-order valence-electron chi connectivity index (χ3n) is 5.19. The second-order valence-electron chi connectivity index (χ2n) is 7.04. The van der Waals surface area contributed by atoms with Crippen LogP contribution in [0.5, 0.6) is 0 Å². The molecule has 9 nitrogen and oxygen atoms in total. The number of aromatic nitrogens is 6. The number of hydrogen-bond donors (Lipinski definition) is 2. The van der Waals surface area contributed by atoms with Crippen molar-refractivity contribution in [2.75, 3.05) is 5.32 Å². The number of rotatable bonds is 4.